The van der Waals surface area contributed by atoms with Crippen molar-refractivity contribution in [2.75, 3.05) is 13.1 Å². The normalized spacial score (nSPS) is 15.3. The van der Waals surface area contributed by atoms with Gasteiger partial charge >= 0.3 is 17.9 Å². The van der Waals surface area contributed by atoms with Gasteiger partial charge < -0.3 is 31.7 Å². The summed E-state index contributed by atoms with van der Waals surface area (Å²) in [6, 6.07) is -2.34. The zero-order chi connectivity index (χ0) is 15.7. The molecule has 3 atom stereocenters. The third-order valence-electron chi connectivity index (χ3n) is 2.50. The molecule has 0 amide bonds. The van der Waals surface area contributed by atoms with Crippen molar-refractivity contribution >= 4 is 17.9 Å². The molecule has 0 saturated carbocycles. The minimum absolute atomic E-state index is 0.121. The van der Waals surface area contributed by atoms with Crippen molar-refractivity contribution in [2.24, 2.45) is 5.73 Å². The fourth-order valence-electron chi connectivity index (χ4n) is 1.42. The average Bonchev–Trinajstić information content (AvgIpc) is 2.30. The molecule has 0 radical (unpaired) electrons. The Hall–Kier alpha value is -1.71. The van der Waals surface area contributed by atoms with Crippen molar-refractivity contribution in [3.8, 4) is 0 Å². The first kappa shape index (κ1) is 18.3. The number of aliphatic carboxylic acids is 3. The number of carbonyl (C=O) groups is 3. The molecule has 0 bridgehead atoms. The number of rotatable bonds is 11. The molecular formula is C11H21N3O6. The molecule has 0 aliphatic carbocycles. The monoisotopic (exact) mass is 291 g/mol. The predicted octanol–water partition coefficient (Wildman–Crippen LogP) is -1.72. The maximum absolute atomic E-state index is 11.0. The van der Waals surface area contributed by atoms with E-state index in [1.54, 1.807) is 6.92 Å². The summed E-state index contributed by atoms with van der Waals surface area (Å²) in [7, 11) is 0. The molecular weight excluding hydrogens is 270 g/mol. The van der Waals surface area contributed by atoms with Crippen LogP contribution in [0.5, 0.6) is 0 Å². The van der Waals surface area contributed by atoms with Gasteiger partial charge in [0.25, 0.3) is 0 Å². The number of nitrogens with one attached hydrogen (secondary N) is 2. The predicted molar refractivity (Wildman–Crippen MR) is 69.4 cm³/mol. The number of carboxylic acids is 3. The molecule has 0 aliphatic heterocycles. The largest absolute Gasteiger partial charge is 0.481 e. The molecule has 0 spiro atoms. The second-order valence-electron chi connectivity index (χ2n) is 4.51. The molecule has 0 heterocycles. The van der Waals surface area contributed by atoms with E-state index < -0.39 is 30.0 Å². The summed E-state index contributed by atoms with van der Waals surface area (Å²) in [5.74, 6) is -3.47. The lowest BCUT2D eigenvalue weighted by Crippen LogP contribution is -2.51. The lowest BCUT2D eigenvalue weighted by atomic mass is 10.1. The van der Waals surface area contributed by atoms with Gasteiger partial charge in [-0.1, -0.05) is 0 Å². The Morgan fingerprint density at radius 1 is 1.00 bits per heavy atom. The Labute approximate surface area is 116 Å². The minimum atomic E-state index is -1.22. The highest BCUT2D eigenvalue weighted by Gasteiger charge is 2.22. The quantitative estimate of drug-likeness (QED) is 0.260. The van der Waals surface area contributed by atoms with Gasteiger partial charge in [-0.2, -0.15) is 0 Å². The molecule has 0 rings (SSSR count). The van der Waals surface area contributed by atoms with Crippen LogP contribution in [0.2, 0.25) is 0 Å². The molecule has 116 valence electrons. The molecule has 20 heavy (non-hydrogen) atoms. The molecule has 0 aromatic heterocycles. The molecule has 0 aromatic carbocycles. The Bertz CT molecular complexity index is 347. The van der Waals surface area contributed by atoms with Crippen molar-refractivity contribution in [3.05, 3.63) is 0 Å². The van der Waals surface area contributed by atoms with E-state index in [-0.39, 0.29) is 32.0 Å². The first-order valence-electron chi connectivity index (χ1n) is 6.13. The van der Waals surface area contributed by atoms with Crippen molar-refractivity contribution in [1.82, 2.24) is 10.6 Å². The number of nitrogens with two attached hydrogens (primary N) is 1. The van der Waals surface area contributed by atoms with Gasteiger partial charge in [0.2, 0.25) is 0 Å². The summed E-state index contributed by atoms with van der Waals surface area (Å²) in [6.45, 7) is 1.83. The second-order valence-corrected chi connectivity index (χ2v) is 4.51. The zero-order valence-corrected chi connectivity index (χ0v) is 11.2. The number of carboxylic acid groups (broad SMARTS) is 3. The molecule has 0 unspecified atom stereocenters. The van der Waals surface area contributed by atoms with Gasteiger partial charge in [-0.15, -0.1) is 0 Å². The summed E-state index contributed by atoms with van der Waals surface area (Å²) in [5, 5.41) is 31.6. The summed E-state index contributed by atoms with van der Waals surface area (Å²) >= 11 is 0. The van der Waals surface area contributed by atoms with Gasteiger partial charge in [0, 0.05) is 25.6 Å². The van der Waals surface area contributed by atoms with Crippen LogP contribution in [0.15, 0.2) is 0 Å². The number of hydrogen-bond acceptors (Lipinski definition) is 6. The van der Waals surface area contributed by atoms with Crippen molar-refractivity contribution in [3.63, 3.8) is 0 Å². The summed E-state index contributed by atoms with van der Waals surface area (Å²) < 4.78 is 0. The highest BCUT2D eigenvalue weighted by Crippen LogP contribution is 1.98. The van der Waals surface area contributed by atoms with Crippen LogP contribution in [0, 0.1) is 0 Å². The van der Waals surface area contributed by atoms with Crippen molar-refractivity contribution < 1.29 is 29.7 Å². The van der Waals surface area contributed by atoms with Crippen LogP contribution in [-0.4, -0.2) is 64.4 Å². The van der Waals surface area contributed by atoms with Crippen LogP contribution in [0.1, 0.15) is 19.8 Å². The van der Waals surface area contributed by atoms with Crippen LogP contribution in [0.25, 0.3) is 0 Å². The van der Waals surface area contributed by atoms with E-state index >= 15 is 0 Å². The highest BCUT2D eigenvalue weighted by atomic mass is 16.4. The smallest absolute Gasteiger partial charge is 0.322 e. The van der Waals surface area contributed by atoms with Crippen molar-refractivity contribution in [2.45, 2.75) is 37.9 Å². The van der Waals surface area contributed by atoms with E-state index in [1.165, 1.54) is 0 Å². The fourth-order valence-corrected chi connectivity index (χ4v) is 1.42. The summed E-state index contributed by atoms with van der Waals surface area (Å²) in [6.07, 6.45) is -0.431. The first-order valence-corrected chi connectivity index (χ1v) is 6.13. The van der Waals surface area contributed by atoms with Gasteiger partial charge in [0.05, 0.1) is 0 Å². The minimum Gasteiger partial charge on any atom is -0.481 e. The molecule has 9 heteroatoms. The summed E-state index contributed by atoms with van der Waals surface area (Å²) in [4.78, 5) is 32.3. The van der Waals surface area contributed by atoms with E-state index in [0.717, 1.165) is 0 Å². The van der Waals surface area contributed by atoms with Gasteiger partial charge in [-0.25, -0.2) is 0 Å². The van der Waals surface area contributed by atoms with Gasteiger partial charge in [-0.3, -0.25) is 14.4 Å². The van der Waals surface area contributed by atoms with E-state index in [2.05, 4.69) is 10.6 Å². The zero-order valence-electron chi connectivity index (χ0n) is 11.2. The third kappa shape index (κ3) is 8.40. The topological polar surface area (TPSA) is 162 Å². The third-order valence-corrected chi connectivity index (χ3v) is 2.50. The first-order chi connectivity index (χ1) is 9.23. The maximum Gasteiger partial charge on any atom is 0.322 e. The van der Waals surface area contributed by atoms with Crippen LogP contribution >= 0.6 is 0 Å². The van der Waals surface area contributed by atoms with E-state index in [1.807, 2.05) is 0 Å². The Morgan fingerprint density at radius 3 is 1.90 bits per heavy atom. The lowest BCUT2D eigenvalue weighted by molar-refractivity contribution is -0.143. The maximum atomic E-state index is 11.0. The van der Waals surface area contributed by atoms with Crippen LogP contribution in [0.4, 0.5) is 0 Å². The van der Waals surface area contributed by atoms with Gasteiger partial charge in [0.1, 0.15) is 12.1 Å². The van der Waals surface area contributed by atoms with Crippen LogP contribution in [-0.2, 0) is 14.4 Å². The second kappa shape index (κ2) is 9.23. The molecule has 0 aliphatic rings. The van der Waals surface area contributed by atoms with Crippen LogP contribution < -0.4 is 16.4 Å². The Morgan fingerprint density at radius 2 is 1.50 bits per heavy atom. The average molecular weight is 291 g/mol. The molecule has 0 aromatic rings. The fraction of sp³-hybridized carbons (Fsp3) is 0.727. The van der Waals surface area contributed by atoms with E-state index in [0.29, 0.717) is 0 Å². The SMILES string of the molecule is C[C@@H](N)CN[C@@H](CN[C@@H](CCC(=O)O)C(=O)O)C(=O)O. The molecule has 7 N–H and O–H groups in total. The Balaban J connectivity index is 4.35. The molecule has 0 fully saturated rings. The van der Waals surface area contributed by atoms with Gasteiger partial charge in [-0.05, 0) is 13.3 Å². The van der Waals surface area contributed by atoms with E-state index in [4.69, 9.17) is 21.1 Å². The standard InChI is InChI=1S/C11H21N3O6/c1-6(12)4-13-8(11(19)20)5-14-7(10(17)18)2-3-9(15)16/h6-8,13-14H,2-5,12H2,1H3,(H,15,16)(H,17,18)(H,19,20)/t6-,7+,8+/m1/s1. The van der Waals surface area contributed by atoms with Crippen molar-refractivity contribution in [1.29, 1.82) is 0 Å². The Kier molecular flexibility index (Phi) is 8.45. The molecule has 9 nitrogen and oxygen atoms in total. The molecule has 0 saturated heterocycles. The highest BCUT2D eigenvalue weighted by molar-refractivity contribution is 5.76. The summed E-state index contributed by atoms with van der Waals surface area (Å²) in [5.41, 5.74) is 5.49. The van der Waals surface area contributed by atoms with E-state index in [9.17, 15) is 14.4 Å². The lowest BCUT2D eigenvalue weighted by Gasteiger charge is -2.19. The number of hydrogen-bond donors (Lipinski definition) is 6. The van der Waals surface area contributed by atoms with Gasteiger partial charge in [0.15, 0.2) is 0 Å². The van der Waals surface area contributed by atoms with Crippen LogP contribution in [0.3, 0.4) is 0 Å².